The maximum absolute atomic E-state index is 12.8. The molecule has 0 bridgehead atoms. The highest BCUT2D eigenvalue weighted by molar-refractivity contribution is 5.89. The van der Waals surface area contributed by atoms with E-state index in [0.717, 1.165) is 25.9 Å². The largest absolute Gasteiger partial charge is 0.443 e. The van der Waals surface area contributed by atoms with Crippen LogP contribution in [0.15, 0.2) is 24.3 Å². The quantitative estimate of drug-likeness (QED) is 0.565. The fourth-order valence-electron chi connectivity index (χ4n) is 1.93. The fourth-order valence-corrected chi connectivity index (χ4v) is 1.93. The van der Waals surface area contributed by atoms with Crippen molar-refractivity contribution in [3.8, 4) is 0 Å². The van der Waals surface area contributed by atoms with E-state index in [1.54, 1.807) is 0 Å². The van der Waals surface area contributed by atoms with E-state index in [2.05, 4.69) is 18.7 Å². The van der Waals surface area contributed by atoms with Crippen LogP contribution in [0.1, 0.15) is 44.0 Å². The third-order valence-electron chi connectivity index (χ3n) is 2.89. The lowest BCUT2D eigenvalue weighted by molar-refractivity contribution is -0.0235. The topological polar surface area (TPSA) is 29.5 Å². The summed E-state index contributed by atoms with van der Waals surface area (Å²) >= 11 is 0. The van der Waals surface area contributed by atoms with Gasteiger partial charge < -0.3 is 4.74 Å². The van der Waals surface area contributed by atoms with Gasteiger partial charge in [-0.15, -0.1) is 12.4 Å². The Morgan fingerprint density at radius 1 is 1.20 bits per heavy atom. The van der Waals surface area contributed by atoms with Crippen LogP contribution >= 0.6 is 12.4 Å². The lowest BCUT2D eigenvalue weighted by Crippen LogP contribution is -2.37. The van der Waals surface area contributed by atoms with Crippen molar-refractivity contribution < 1.29 is 13.9 Å². The molecular weight excluding hydrogens is 281 g/mol. The molecule has 0 aliphatic rings. The number of ether oxygens (including phenoxy) is 1. The number of hydrogen-bond acceptors (Lipinski definition) is 3. The summed E-state index contributed by atoms with van der Waals surface area (Å²) < 4.78 is 18.2. The zero-order chi connectivity index (χ0) is 14.3. The molecule has 0 saturated heterocycles. The Balaban J connectivity index is 0.00000361. The number of hydrogen-bond donors (Lipinski definition) is 0. The van der Waals surface area contributed by atoms with Crippen LogP contribution in [0.25, 0.3) is 0 Å². The van der Waals surface area contributed by atoms with E-state index < -0.39 is 5.97 Å². The molecule has 3 nitrogen and oxygen atoms in total. The van der Waals surface area contributed by atoms with Crippen molar-refractivity contribution in [3.63, 3.8) is 0 Å². The molecule has 1 unspecified atom stereocenters. The van der Waals surface area contributed by atoms with Crippen molar-refractivity contribution >= 4 is 18.4 Å². The van der Waals surface area contributed by atoms with Gasteiger partial charge in [-0.1, -0.05) is 13.8 Å². The number of carbonyl (C=O) groups is 1. The first-order valence-corrected chi connectivity index (χ1v) is 6.79. The summed E-state index contributed by atoms with van der Waals surface area (Å²) in [5.74, 6) is -0.770. The maximum atomic E-state index is 12.8. The molecule has 0 aliphatic carbocycles. The van der Waals surface area contributed by atoms with E-state index in [1.807, 2.05) is 6.92 Å². The molecule has 0 fully saturated rings. The molecule has 1 atom stereocenters. The smallest absolute Gasteiger partial charge is 0.339 e. The first kappa shape index (κ1) is 18.9. The molecule has 0 aliphatic heterocycles. The van der Waals surface area contributed by atoms with E-state index in [0.29, 0.717) is 5.56 Å². The van der Waals surface area contributed by atoms with E-state index in [-0.39, 0.29) is 24.5 Å². The Bertz CT molecular complexity index is 391. The molecule has 0 aromatic heterocycles. The number of rotatable bonds is 7. The number of esters is 1. The number of nitrogens with zero attached hydrogens (tertiary/aromatic N) is 1. The average Bonchev–Trinajstić information content (AvgIpc) is 2.39. The predicted molar refractivity (Wildman–Crippen MR) is 80.7 cm³/mol. The lowest BCUT2D eigenvalue weighted by Gasteiger charge is -2.27. The second kappa shape index (κ2) is 9.72. The summed E-state index contributed by atoms with van der Waals surface area (Å²) in [6.07, 6.45) is 1.76. The molecule has 0 N–H and O–H groups in total. The monoisotopic (exact) mass is 303 g/mol. The summed E-state index contributed by atoms with van der Waals surface area (Å²) in [6, 6.07) is 5.40. The molecule has 1 rings (SSSR count). The summed E-state index contributed by atoms with van der Waals surface area (Å²) in [4.78, 5) is 14.0. The van der Waals surface area contributed by atoms with Gasteiger partial charge in [-0.25, -0.2) is 9.18 Å². The Morgan fingerprint density at radius 3 is 2.15 bits per heavy atom. The van der Waals surface area contributed by atoms with Crippen LogP contribution in [0.4, 0.5) is 4.39 Å². The van der Waals surface area contributed by atoms with Crippen LogP contribution in [0.3, 0.4) is 0 Å². The molecule has 20 heavy (non-hydrogen) atoms. The number of benzene rings is 1. The molecule has 0 spiro atoms. The first-order valence-electron chi connectivity index (χ1n) is 6.79. The molecule has 114 valence electrons. The Labute approximate surface area is 126 Å². The second-order valence-corrected chi connectivity index (χ2v) is 4.55. The van der Waals surface area contributed by atoms with Crippen LogP contribution in [-0.4, -0.2) is 30.2 Å². The van der Waals surface area contributed by atoms with Crippen molar-refractivity contribution in [1.82, 2.24) is 4.90 Å². The van der Waals surface area contributed by atoms with Gasteiger partial charge in [0.05, 0.1) is 5.56 Å². The second-order valence-electron chi connectivity index (χ2n) is 4.55. The Kier molecular flexibility index (Phi) is 9.17. The van der Waals surface area contributed by atoms with Crippen LogP contribution in [-0.2, 0) is 4.74 Å². The highest BCUT2D eigenvalue weighted by Crippen LogP contribution is 2.09. The van der Waals surface area contributed by atoms with Gasteiger partial charge in [-0.2, -0.15) is 0 Å². The van der Waals surface area contributed by atoms with Gasteiger partial charge in [0.15, 0.2) is 6.23 Å². The summed E-state index contributed by atoms with van der Waals surface area (Å²) in [5.41, 5.74) is 0.376. The molecule has 5 heteroatoms. The van der Waals surface area contributed by atoms with Crippen molar-refractivity contribution in [2.24, 2.45) is 0 Å². The van der Waals surface area contributed by atoms with Crippen molar-refractivity contribution in [1.29, 1.82) is 0 Å². The van der Waals surface area contributed by atoms with E-state index in [4.69, 9.17) is 4.74 Å². The summed E-state index contributed by atoms with van der Waals surface area (Å²) in [6.45, 7) is 7.85. The van der Waals surface area contributed by atoms with Gasteiger partial charge in [0.1, 0.15) is 5.82 Å². The zero-order valence-electron chi connectivity index (χ0n) is 12.3. The summed E-state index contributed by atoms with van der Waals surface area (Å²) in [5, 5.41) is 0. The molecule has 0 heterocycles. The minimum absolute atomic E-state index is 0. The molecule has 0 saturated carbocycles. The van der Waals surface area contributed by atoms with Crippen molar-refractivity contribution in [2.75, 3.05) is 13.1 Å². The normalized spacial score (nSPS) is 11.8. The lowest BCUT2D eigenvalue weighted by atomic mass is 10.2. The fraction of sp³-hybridized carbons (Fsp3) is 0.533. The van der Waals surface area contributed by atoms with Gasteiger partial charge in [0.25, 0.3) is 0 Å². The average molecular weight is 304 g/mol. The zero-order valence-corrected chi connectivity index (χ0v) is 13.1. The van der Waals surface area contributed by atoms with Gasteiger partial charge in [0, 0.05) is 13.1 Å². The van der Waals surface area contributed by atoms with E-state index in [1.165, 1.54) is 24.3 Å². The van der Waals surface area contributed by atoms with Crippen LogP contribution in [0.2, 0.25) is 0 Å². The summed E-state index contributed by atoms with van der Waals surface area (Å²) in [7, 11) is 0. The molecule has 0 amide bonds. The van der Waals surface area contributed by atoms with Crippen molar-refractivity contribution in [3.05, 3.63) is 35.6 Å². The van der Waals surface area contributed by atoms with E-state index in [9.17, 15) is 9.18 Å². The Hall–Kier alpha value is -1.13. The molecule has 1 aromatic carbocycles. The van der Waals surface area contributed by atoms with Crippen LogP contribution in [0, 0.1) is 5.82 Å². The van der Waals surface area contributed by atoms with Gasteiger partial charge in [0.2, 0.25) is 0 Å². The first-order chi connectivity index (χ1) is 9.08. The maximum Gasteiger partial charge on any atom is 0.339 e. The van der Waals surface area contributed by atoms with Crippen LogP contribution < -0.4 is 0 Å². The van der Waals surface area contributed by atoms with Crippen LogP contribution in [0.5, 0.6) is 0 Å². The standard InChI is InChI=1S/C15H22FNO2.ClH/c1-4-10-17(11-5-2)12(3)19-15(18)13-6-8-14(16)9-7-13;/h6-9,12H,4-5,10-11H2,1-3H3;1H. The van der Waals surface area contributed by atoms with Crippen molar-refractivity contribution in [2.45, 2.75) is 39.8 Å². The third kappa shape index (κ3) is 5.88. The third-order valence-corrected chi connectivity index (χ3v) is 2.89. The SMILES string of the molecule is CCCN(CCC)C(C)OC(=O)c1ccc(F)cc1.Cl. The number of carbonyl (C=O) groups excluding carboxylic acids is 1. The van der Waals surface area contributed by atoms with Gasteiger partial charge >= 0.3 is 5.97 Å². The van der Waals surface area contributed by atoms with E-state index >= 15 is 0 Å². The highest BCUT2D eigenvalue weighted by Gasteiger charge is 2.17. The number of halogens is 2. The van der Waals surface area contributed by atoms with Gasteiger partial charge in [-0.3, -0.25) is 4.90 Å². The highest BCUT2D eigenvalue weighted by atomic mass is 35.5. The van der Waals surface area contributed by atoms with Gasteiger partial charge in [-0.05, 0) is 44.0 Å². The minimum Gasteiger partial charge on any atom is -0.443 e. The molecule has 1 aromatic rings. The molecule has 0 radical (unpaired) electrons. The minimum atomic E-state index is -0.412. The Morgan fingerprint density at radius 2 is 1.70 bits per heavy atom. The molecular formula is C15H23ClFNO2. The predicted octanol–water partition coefficient (Wildman–Crippen LogP) is 3.87.